The second kappa shape index (κ2) is 14.7. The Morgan fingerprint density at radius 1 is 1.13 bits per heavy atom. The zero-order chi connectivity index (χ0) is 33.8. The normalized spacial score (nSPS) is 16.2. The van der Waals surface area contributed by atoms with E-state index in [1.165, 1.54) is 6.92 Å². The molecule has 1 aromatic carbocycles. The van der Waals surface area contributed by atoms with Gasteiger partial charge in [0, 0.05) is 50.7 Å². The van der Waals surface area contributed by atoms with Gasteiger partial charge in [-0.25, -0.2) is 4.98 Å². The number of rotatable bonds is 14. The van der Waals surface area contributed by atoms with Crippen LogP contribution in [0.3, 0.4) is 0 Å². The lowest BCUT2D eigenvalue weighted by Gasteiger charge is -2.24. The van der Waals surface area contributed by atoms with Gasteiger partial charge in [0.05, 0.1) is 28.6 Å². The third kappa shape index (κ3) is 9.45. The number of carbonyl (C=O) groups excluding carboxylic acids is 1. The quantitative estimate of drug-likeness (QED) is 0.144. The summed E-state index contributed by atoms with van der Waals surface area (Å²) in [6, 6.07) is 6.31. The van der Waals surface area contributed by atoms with Gasteiger partial charge in [0.25, 0.3) is 25.8 Å². The van der Waals surface area contributed by atoms with Crippen LogP contribution in [-0.2, 0) is 58.8 Å². The molecule has 4 rings (SSSR count). The molecule has 0 amide bonds. The number of carbonyl (C=O) groups is 1. The number of ether oxygens (including phenoxy) is 2. The molecule has 2 aromatic heterocycles. The molecule has 2 atom stereocenters. The molecule has 0 bridgehead atoms. The van der Waals surface area contributed by atoms with E-state index in [4.69, 9.17) is 23.2 Å². The maximum atomic E-state index is 13.0. The molecule has 3 aromatic rings. The summed E-state index contributed by atoms with van der Waals surface area (Å²) in [6.45, 7) is 8.66. The van der Waals surface area contributed by atoms with Crippen LogP contribution in [0.2, 0.25) is 0 Å². The summed E-state index contributed by atoms with van der Waals surface area (Å²) < 4.78 is 75.5. The Labute approximate surface area is 268 Å². The van der Waals surface area contributed by atoms with E-state index in [0.717, 1.165) is 41.9 Å². The predicted molar refractivity (Wildman–Crippen MR) is 171 cm³/mol. The Morgan fingerprint density at radius 3 is 2.46 bits per heavy atom. The summed E-state index contributed by atoms with van der Waals surface area (Å²) >= 11 is 0. The first-order chi connectivity index (χ1) is 21.5. The van der Waals surface area contributed by atoms with Gasteiger partial charge in [-0.15, -0.1) is 0 Å². The first-order valence-corrected chi connectivity index (χ1v) is 18.3. The second-order valence-corrected chi connectivity index (χ2v) is 15.2. The Bertz CT molecular complexity index is 1800. The number of aryl methyl sites for hydroxylation is 2. The van der Waals surface area contributed by atoms with E-state index in [1.807, 2.05) is 24.3 Å². The number of aromatic nitrogens is 3. The van der Waals surface area contributed by atoms with Gasteiger partial charge in [0.1, 0.15) is 18.0 Å². The molecule has 1 saturated heterocycles. The predicted octanol–water partition coefficient (Wildman–Crippen LogP) is 2.17. The average Bonchev–Trinajstić information content (AvgIpc) is 3.31. The first kappa shape index (κ1) is 35.7. The Morgan fingerprint density at radius 2 is 1.83 bits per heavy atom. The summed E-state index contributed by atoms with van der Waals surface area (Å²) in [7, 11) is -7.24. The summed E-state index contributed by atoms with van der Waals surface area (Å²) in [5.41, 5.74) is 3.67. The van der Waals surface area contributed by atoms with E-state index in [2.05, 4.69) is 9.88 Å². The summed E-state index contributed by atoms with van der Waals surface area (Å²) in [6.07, 6.45) is 1.87. The van der Waals surface area contributed by atoms with Crippen molar-refractivity contribution in [3.63, 3.8) is 0 Å². The number of hydrogen-bond donors (Lipinski definition) is 2. The summed E-state index contributed by atoms with van der Waals surface area (Å²) in [5.74, 6) is -1.66. The van der Waals surface area contributed by atoms with E-state index >= 15 is 0 Å². The highest BCUT2D eigenvalue weighted by molar-refractivity contribution is 7.90. The van der Waals surface area contributed by atoms with Crippen molar-refractivity contribution in [2.45, 2.75) is 71.9 Å². The molecule has 0 spiro atoms. The SMILES string of the molecule is Cc1cc(-c2nc3cc(CN[C@H](C(=O)OC(C)C)[C@@H](C)OS(=O)(=O)CCS(=O)(=O)O)ccc3n2CC2CCOCC2)cn(C)c1=O. The first-order valence-electron chi connectivity index (χ1n) is 15.1. The van der Waals surface area contributed by atoms with Crippen LogP contribution in [0.1, 0.15) is 44.7 Å². The van der Waals surface area contributed by atoms with E-state index in [9.17, 15) is 26.4 Å². The standard InChI is InChI=1S/C30H42N4O10S2/c1-19(2)43-30(36)27(21(4)44-46(40,41)13-12-45(37,38)39)31-16-23-6-7-26-25(15-23)32-28(24-14-20(3)29(35)33(5)18-24)34(26)17-22-8-10-42-11-9-22/h6-7,14-15,18-19,21-22,27,31H,8-13,16-17H2,1-5H3,(H,37,38,39)/t21-,27+/m1/s1. The van der Waals surface area contributed by atoms with Gasteiger partial charge < -0.3 is 18.6 Å². The van der Waals surface area contributed by atoms with Crippen molar-refractivity contribution in [1.82, 2.24) is 19.4 Å². The molecule has 3 heterocycles. The lowest BCUT2D eigenvalue weighted by atomic mass is 10.00. The summed E-state index contributed by atoms with van der Waals surface area (Å²) in [5, 5.41) is 3.02. The number of benzene rings is 1. The Kier molecular flexibility index (Phi) is 11.4. The van der Waals surface area contributed by atoms with Gasteiger partial charge in [0.15, 0.2) is 0 Å². The van der Waals surface area contributed by atoms with E-state index in [-0.39, 0.29) is 12.1 Å². The fourth-order valence-electron chi connectivity index (χ4n) is 5.39. The van der Waals surface area contributed by atoms with Crippen molar-refractivity contribution in [3.8, 4) is 11.4 Å². The van der Waals surface area contributed by atoms with Gasteiger partial charge >= 0.3 is 5.97 Å². The van der Waals surface area contributed by atoms with Crippen molar-refractivity contribution < 1.29 is 39.8 Å². The molecule has 14 nitrogen and oxygen atoms in total. The van der Waals surface area contributed by atoms with Crippen molar-refractivity contribution in [2.75, 3.05) is 24.7 Å². The van der Waals surface area contributed by atoms with E-state index in [1.54, 1.807) is 38.6 Å². The molecule has 46 heavy (non-hydrogen) atoms. The largest absolute Gasteiger partial charge is 0.462 e. The zero-order valence-corrected chi connectivity index (χ0v) is 28.3. The minimum atomic E-state index is -4.54. The van der Waals surface area contributed by atoms with Crippen molar-refractivity contribution >= 4 is 37.2 Å². The molecule has 0 unspecified atom stereocenters. The van der Waals surface area contributed by atoms with Crippen molar-refractivity contribution in [1.29, 1.82) is 0 Å². The van der Waals surface area contributed by atoms with Crippen LogP contribution in [0.5, 0.6) is 0 Å². The third-order valence-electron chi connectivity index (χ3n) is 7.71. The molecule has 0 saturated carbocycles. The molecule has 0 aliphatic carbocycles. The monoisotopic (exact) mass is 682 g/mol. The smallest absolute Gasteiger partial charge is 0.326 e. The number of imidazole rings is 1. The van der Waals surface area contributed by atoms with Crippen LogP contribution >= 0.6 is 0 Å². The van der Waals surface area contributed by atoms with E-state index < -0.39 is 56.0 Å². The van der Waals surface area contributed by atoms with Crippen LogP contribution in [0.15, 0.2) is 35.3 Å². The number of nitrogens with one attached hydrogen (secondary N) is 1. The van der Waals surface area contributed by atoms with Crippen LogP contribution in [0.25, 0.3) is 22.4 Å². The van der Waals surface area contributed by atoms with Crippen LogP contribution < -0.4 is 10.9 Å². The molecule has 16 heteroatoms. The Hall–Kier alpha value is -3.15. The molecule has 1 aliphatic heterocycles. The molecule has 2 N–H and O–H groups in total. The fourth-order valence-corrected chi connectivity index (χ4v) is 7.72. The maximum absolute atomic E-state index is 13.0. The minimum Gasteiger partial charge on any atom is -0.462 e. The van der Waals surface area contributed by atoms with Gasteiger partial charge in [-0.05, 0) is 70.2 Å². The number of fused-ring (bicyclic) bond motifs is 1. The minimum absolute atomic E-state index is 0.0841. The number of esters is 1. The van der Waals surface area contributed by atoms with Gasteiger partial charge in [-0.3, -0.25) is 23.6 Å². The van der Waals surface area contributed by atoms with Gasteiger partial charge in [0.2, 0.25) is 0 Å². The molecule has 1 aliphatic rings. The Balaban J connectivity index is 1.62. The highest BCUT2D eigenvalue weighted by Gasteiger charge is 2.32. The second-order valence-electron chi connectivity index (χ2n) is 11.9. The highest BCUT2D eigenvalue weighted by Crippen LogP contribution is 2.29. The lowest BCUT2D eigenvalue weighted by Crippen LogP contribution is -2.48. The van der Waals surface area contributed by atoms with Crippen molar-refractivity contribution in [2.24, 2.45) is 13.0 Å². The van der Waals surface area contributed by atoms with Crippen LogP contribution in [0.4, 0.5) is 0 Å². The van der Waals surface area contributed by atoms with Crippen LogP contribution in [-0.4, -0.2) is 84.4 Å². The molecule has 1 fully saturated rings. The maximum Gasteiger partial charge on any atom is 0.326 e. The van der Waals surface area contributed by atoms with Gasteiger partial charge in [-0.2, -0.15) is 16.8 Å². The number of pyridine rings is 1. The van der Waals surface area contributed by atoms with E-state index in [0.29, 0.717) is 30.2 Å². The molecular weight excluding hydrogens is 640 g/mol. The number of hydrogen-bond acceptors (Lipinski definition) is 11. The molecular formula is C30H42N4O10S2. The molecule has 254 valence electrons. The van der Waals surface area contributed by atoms with Gasteiger partial charge in [-0.1, -0.05) is 6.07 Å². The third-order valence-corrected chi connectivity index (χ3v) is 9.99. The molecule has 0 radical (unpaired) electrons. The topological polar surface area (TPSA) is 185 Å². The van der Waals surface area contributed by atoms with Crippen molar-refractivity contribution in [3.05, 3.63) is 51.9 Å². The summed E-state index contributed by atoms with van der Waals surface area (Å²) in [4.78, 5) is 30.3. The van der Waals surface area contributed by atoms with Crippen LogP contribution in [0, 0.1) is 12.8 Å². The lowest BCUT2D eigenvalue weighted by molar-refractivity contribution is -0.152. The zero-order valence-electron chi connectivity index (χ0n) is 26.6. The average molecular weight is 683 g/mol. The fraction of sp³-hybridized carbons (Fsp3) is 0.567. The highest BCUT2D eigenvalue weighted by atomic mass is 32.2. The number of nitrogens with zero attached hydrogens (tertiary/aromatic N) is 3.